The zero-order valence-electron chi connectivity index (χ0n) is 14.9. The lowest BCUT2D eigenvalue weighted by atomic mass is 9.87. The van der Waals surface area contributed by atoms with Crippen LogP contribution in [0.3, 0.4) is 0 Å². The lowest BCUT2D eigenvalue weighted by molar-refractivity contribution is 0.0220. The summed E-state index contributed by atoms with van der Waals surface area (Å²) in [5.74, 6) is 0.857. The largest absolute Gasteiger partial charge is 0.444 e. The molecule has 0 aromatic rings. The Labute approximate surface area is 136 Å². The highest BCUT2D eigenvalue weighted by Gasteiger charge is 2.31. The van der Waals surface area contributed by atoms with Crippen molar-refractivity contribution in [2.45, 2.75) is 90.3 Å². The lowest BCUT2D eigenvalue weighted by Crippen LogP contribution is -2.42. The maximum absolute atomic E-state index is 12.3. The van der Waals surface area contributed by atoms with Crippen LogP contribution in [0.5, 0.6) is 0 Å². The van der Waals surface area contributed by atoms with Gasteiger partial charge in [0.15, 0.2) is 0 Å². The second-order valence-corrected chi connectivity index (χ2v) is 8.18. The molecular weight excluding hydrogens is 276 g/mol. The Hall–Kier alpha value is -0.770. The van der Waals surface area contributed by atoms with Crippen LogP contribution in [0.25, 0.3) is 0 Å². The Balaban J connectivity index is 1.73. The van der Waals surface area contributed by atoms with E-state index in [4.69, 9.17) is 4.74 Å². The number of carbonyl (C=O) groups is 1. The van der Waals surface area contributed by atoms with Gasteiger partial charge in [-0.15, -0.1) is 0 Å². The van der Waals surface area contributed by atoms with Crippen molar-refractivity contribution in [3.63, 3.8) is 0 Å². The van der Waals surface area contributed by atoms with Crippen LogP contribution in [0.15, 0.2) is 0 Å². The molecule has 3 atom stereocenters. The summed E-state index contributed by atoms with van der Waals surface area (Å²) >= 11 is 0. The van der Waals surface area contributed by atoms with Crippen molar-refractivity contribution in [1.82, 2.24) is 10.2 Å². The van der Waals surface area contributed by atoms with Crippen molar-refractivity contribution in [3.05, 3.63) is 0 Å². The molecule has 1 aliphatic carbocycles. The summed E-state index contributed by atoms with van der Waals surface area (Å²) in [5, 5.41) is 3.71. The van der Waals surface area contributed by atoms with E-state index in [9.17, 15) is 4.79 Å². The van der Waals surface area contributed by atoms with Crippen LogP contribution in [0.1, 0.15) is 72.6 Å². The first kappa shape index (κ1) is 17.6. The fourth-order valence-electron chi connectivity index (χ4n) is 3.77. The van der Waals surface area contributed by atoms with E-state index in [1.807, 2.05) is 25.7 Å². The minimum Gasteiger partial charge on any atom is -0.444 e. The van der Waals surface area contributed by atoms with Gasteiger partial charge >= 0.3 is 6.09 Å². The van der Waals surface area contributed by atoms with Crippen molar-refractivity contribution >= 4 is 6.09 Å². The van der Waals surface area contributed by atoms with Gasteiger partial charge in [0, 0.05) is 18.6 Å². The van der Waals surface area contributed by atoms with Crippen molar-refractivity contribution in [2.75, 3.05) is 13.1 Å². The summed E-state index contributed by atoms with van der Waals surface area (Å²) in [5.41, 5.74) is -0.402. The van der Waals surface area contributed by atoms with Crippen LogP contribution in [0.4, 0.5) is 4.79 Å². The Kier molecular flexibility index (Phi) is 6.13. The molecule has 1 amide bonds. The smallest absolute Gasteiger partial charge is 0.410 e. The fraction of sp³-hybridized carbons (Fsp3) is 0.944. The maximum Gasteiger partial charge on any atom is 0.410 e. The van der Waals surface area contributed by atoms with Gasteiger partial charge in [-0.3, -0.25) is 0 Å². The molecule has 4 heteroatoms. The van der Waals surface area contributed by atoms with Crippen LogP contribution < -0.4 is 5.32 Å². The zero-order chi connectivity index (χ0) is 16.2. The predicted octanol–water partition coefficient (Wildman–Crippen LogP) is 3.94. The van der Waals surface area contributed by atoms with Gasteiger partial charge in [0.05, 0.1) is 0 Å². The minimum atomic E-state index is -0.402. The highest BCUT2D eigenvalue weighted by atomic mass is 16.6. The summed E-state index contributed by atoms with van der Waals surface area (Å²) in [6, 6.07) is 1.03. The number of amides is 1. The van der Waals surface area contributed by atoms with Crippen LogP contribution >= 0.6 is 0 Å². The monoisotopic (exact) mass is 310 g/mol. The quantitative estimate of drug-likeness (QED) is 0.855. The topological polar surface area (TPSA) is 41.6 Å². The van der Waals surface area contributed by atoms with Gasteiger partial charge in [-0.1, -0.05) is 19.8 Å². The van der Waals surface area contributed by atoms with Gasteiger partial charge in [0.25, 0.3) is 0 Å². The van der Waals surface area contributed by atoms with Crippen molar-refractivity contribution < 1.29 is 9.53 Å². The van der Waals surface area contributed by atoms with E-state index in [0.29, 0.717) is 12.1 Å². The molecule has 2 aliphatic rings. The number of nitrogens with one attached hydrogen (secondary N) is 1. The van der Waals surface area contributed by atoms with Gasteiger partial charge in [-0.25, -0.2) is 4.79 Å². The summed E-state index contributed by atoms with van der Waals surface area (Å²) < 4.78 is 5.53. The van der Waals surface area contributed by atoms with Crippen LogP contribution in [0.2, 0.25) is 0 Å². The molecule has 1 heterocycles. The Morgan fingerprint density at radius 3 is 2.68 bits per heavy atom. The number of hydrogen-bond donors (Lipinski definition) is 1. The van der Waals surface area contributed by atoms with Gasteiger partial charge < -0.3 is 15.0 Å². The van der Waals surface area contributed by atoms with Crippen LogP contribution in [0, 0.1) is 5.92 Å². The third-order valence-corrected chi connectivity index (χ3v) is 4.85. The Bertz CT molecular complexity index is 365. The average Bonchev–Trinajstić information content (AvgIpc) is 2.85. The molecule has 0 aromatic heterocycles. The normalized spacial score (nSPS) is 29.6. The molecule has 2 fully saturated rings. The molecule has 0 spiro atoms. The third kappa shape index (κ3) is 5.45. The maximum atomic E-state index is 12.3. The molecule has 2 rings (SSSR count). The first-order valence-electron chi connectivity index (χ1n) is 9.08. The highest BCUT2D eigenvalue weighted by molar-refractivity contribution is 5.68. The van der Waals surface area contributed by atoms with Gasteiger partial charge in [-0.05, 0) is 65.3 Å². The van der Waals surface area contributed by atoms with E-state index in [-0.39, 0.29) is 6.09 Å². The van der Waals surface area contributed by atoms with E-state index in [0.717, 1.165) is 38.3 Å². The fourth-order valence-corrected chi connectivity index (χ4v) is 3.77. The molecule has 4 nitrogen and oxygen atoms in total. The lowest BCUT2D eigenvalue weighted by Gasteiger charge is -2.30. The van der Waals surface area contributed by atoms with Crippen molar-refractivity contribution in [3.8, 4) is 0 Å². The molecule has 1 saturated carbocycles. The number of carbonyl (C=O) groups excluding carboxylic acids is 1. The average molecular weight is 310 g/mol. The molecule has 0 bridgehead atoms. The first-order chi connectivity index (χ1) is 10.3. The molecule has 1 N–H and O–H groups in total. The standard InChI is InChI=1S/C18H34N2O2/c1-14-7-5-8-15(13-14)19-11-10-16-9-6-12-20(16)17(21)22-18(2,3)4/h14-16,19H,5-13H2,1-4H3. The highest BCUT2D eigenvalue weighted by Crippen LogP contribution is 2.25. The van der Waals surface area contributed by atoms with Crippen molar-refractivity contribution in [1.29, 1.82) is 0 Å². The van der Waals surface area contributed by atoms with Gasteiger partial charge in [-0.2, -0.15) is 0 Å². The van der Waals surface area contributed by atoms with E-state index < -0.39 is 5.60 Å². The Morgan fingerprint density at radius 1 is 1.23 bits per heavy atom. The second-order valence-electron chi connectivity index (χ2n) is 8.18. The van der Waals surface area contributed by atoms with Gasteiger partial charge in [0.2, 0.25) is 0 Å². The number of ether oxygens (including phenoxy) is 1. The summed E-state index contributed by atoms with van der Waals surface area (Å²) in [4.78, 5) is 14.2. The molecule has 0 radical (unpaired) electrons. The summed E-state index contributed by atoms with van der Waals surface area (Å²) in [7, 11) is 0. The number of rotatable bonds is 4. The zero-order valence-corrected chi connectivity index (χ0v) is 14.9. The summed E-state index contributed by atoms with van der Waals surface area (Å²) in [6.45, 7) is 10.0. The number of likely N-dealkylation sites (tertiary alicyclic amines) is 1. The van der Waals surface area contributed by atoms with Crippen molar-refractivity contribution in [2.24, 2.45) is 5.92 Å². The third-order valence-electron chi connectivity index (χ3n) is 4.85. The molecular formula is C18H34N2O2. The second kappa shape index (κ2) is 7.67. The van der Waals surface area contributed by atoms with E-state index in [1.54, 1.807) is 0 Å². The predicted molar refractivity (Wildman–Crippen MR) is 90.0 cm³/mol. The van der Waals surface area contributed by atoms with Gasteiger partial charge in [0.1, 0.15) is 5.60 Å². The van der Waals surface area contributed by atoms with Crippen LogP contribution in [-0.2, 0) is 4.74 Å². The van der Waals surface area contributed by atoms with E-state index in [2.05, 4.69) is 12.2 Å². The minimum absolute atomic E-state index is 0.138. The van der Waals surface area contributed by atoms with E-state index in [1.165, 1.54) is 25.7 Å². The van der Waals surface area contributed by atoms with Crippen LogP contribution in [-0.4, -0.2) is 41.8 Å². The molecule has 1 saturated heterocycles. The number of nitrogens with zero attached hydrogens (tertiary/aromatic N) is 1. The van der Waals surface area contributed by atoms with E-state index >= 15 is 0 Å². The SMILES string of the molecule is CC1CCCC(NCCC2CCCN2C(=O)OC(C)(C)C)C1. The summed E-state index contributed by atoms with van der Waals surface area (Å²) in [6.07, 6.45) is 8.47. The first-order valence-corrected chi connectivity index (χ1v) is 9.08. The molecule has 3 unspecified atom stereocenters. The molecule has 1 aliphatic heterocycles. The number of hydrogen-bond acceptors (Lipinski definition) is 3. The Morgan fingerprint density at radius 2 is 2.00 bits per heavy atom. The molecule has 0 aromatic carbocycles. The molecule has 22 heavy (non-hydrogen) atoms. The molecule has 128 valence electrons.